The van der Waals surface area contributed by atoms with Crippen molar-refractivity contribution in [1.82, 2.24) is 0 Å². The molecule has 3 aromatic carbocycles. The van der Waals surface area contributed by atoms with Crippen LogP contribution in [0.3, 0.4) is 0 Å². The van der Waals surface area contributed by atoms with Crippen LogP contribution in [0.5, 0.6) is 0 Å². The summed E-state index contributed by atoms with van der Waals surface area (Å²) in [7, 11) is 0. The van der Waals surface area contributed by atoms with E-state index in [2.05, 4.69) is 10.6 Å². The van der Waals surface area contributed by atoms with Gasteiger partial charge in [0, 0.05) is 28.4 Å². The molecule has 0 spiro atoms. The average molecular weight is 397 g/mol. The van der Waals surface area contributed by atoms with Crippen molar-refractivity contribution in [3.8, 4) is 0 Å². The molecular weight excluding hydrogens is 379 g/mol. The van der Waals surface area contributed by atoms with Crippen LogP contribution in [-0.2, 0) is 11.2 Å². The van der Waals surface area contributed by atoms with Crippen molar-refractivity contribution in [1.29, 1.82) is 0 Å². The van der Waals surface area contributed by atoms with Gasteiger partial charge in [-0.2, -0.15) is 0 Å². The SMILES string of the molecule is O=C(CCc1ccccc1Cl)Nc1cccc(C(=O)Nc2ccc(F)cc2)c1. The molecule has 3 rings (SSSR count). The molecule has 142 valence electrons. The van der Waals surface area contributed by atoms with Gasteiger partial charge in [-0.25, -0.2) is 4.39 Å². The van der Waals surface area contributed by atoms with Gasteiger partial charge in [0.2, 0.25) is 5.91 Å². The van der Waals surface area contributed by atoms with E-state index in [0.717, 1.165) is 5.56 Å². The van der Waals surface area contributed by atoms with E-state index in [1.807, 2.05) is 18.2 Å². The van der Waals surface area contributed by atoms with Gasteiger partial charge in [0.15, 0.2) is 0 Å². The number of halogens is 2. The molecule has 0 radical (unpaired) electrons. The van der Waals surface area contributed by atoms with Crippen LogP contribution in [0, 0.1) is 5.82 Å². The monoisotopic (exact) mass is 396 g/mol. The molecule has 2 amide bonds. The first kappa shape index (κ1) is 19.6. The summed E-state index contributed by atoms with van der Waals surface area (Å²) < 4.78 is 13.0. The maximum absolute atomic E-state index is 13.0. The van der Waals surface area contributed by atoms with Gasteiger partial charge < -0.3 is 10.6 Å². The molecule has 0 fully saturated rings. The Morgan fingerprint density at radius 3 is 2.36 bits per heavy atom. The molecule has 28 heavy (non-hydrogen) atoms. The second-order valence-electron chi connectivity index (χ2n) is 6.18. The summed E-state index contributed by atoms with van der Waals surface area (Å²) in [6.45, 7) is 0. The Bertz CT molecular complexity index is 990. The van der Waals surface area contributed by atoms with Crippen LogP contribution < -0.4 is 10.6 Å². The lowest BCUT2D eigenvalue weighted by Gasteiger charge is -2.09. The highest BCUT2D eigenvalue weighted by Gasteiger charge is 2.09. The van der Waals surface area contributed by atoms with Crippen molar-refractivity contribution in [3.63, 3.8) is 0 Å². The van der Waals surface area contributed by atoms with Crippen molar-refractivity contribution >= 4 is 34.8 Å². The minimum absolute atomic E-state index is 0.170. The van der Waals surface area contributed by atoms with Crippen molar-refractivity contribution in [2.75, 3.05) is 10.6 Å². The first-order valence-electron chi connectivity index (χ1n) is 8.71. The fourth-order valence-electron chi connectivity index (χ4n) is 2.65. The first-order chi connectivity index (χ1) is 13.5. The highest BCUT2D eigenvalue weighted by Crippen LogP contribution is 2.18. The van der Waals surface area contributed by atoms with Crippen LogP contribution in [0.2, 0.25) is 5.02 Å². The zero-order valence-corrected chi connectivity index (χ0v) is 15.7. The summed E-state index contributed by atoms with van der Waals surface area (Å²) in [5, 5.41) is 6.11. The maximum atomic E-state index is 13.0. The number of benzene rings is 3. The Morgan fingerprint density at radius 2 is 1.61 bits per heavy atom. The minimum Gasteiger partial charge on any atom is -0.326 e. The smallest absolute Gasteiger partial charge is 0.255 e. The molecule has 0 saturated heterocycles. The molecule has 4 nitrogen and oxygen atoms in total. The zero-order valence-electron chi connectivity index (χ0n) is 14.9. The highest BCUT2D eigenvalue weighted by atomic mass is 35.5. The number of hydrogen-bond acceptors (Lipinski definition) is 2. The van der Waals surface area contributed by atoms with E-state index in [4.69, 9.17) is 11.6 Å². The zero-order chi connectivity index (χ0) is 19.9. The Kier molecular flexibility index (Phi) is 6.40. The van der Waals surface area contributed by atoms with E-state index in [-0.39, 0.29) is 24.1 Å². The van der Waals surface area contributed by atoms with Crippen LogP contribution in [-0.4, -0.2) is 11.8 Å². The summed E-state index contributed by atoms with van der Waals surface area (Å²) in [5.74, 6) is -0.894. The normalized spacial score (nSPS) is 10.4. The van der Waals surface area contributed by atoms with E-state index < -0.39 is 0 Å². The molecule has 0 bridgehead atoms. The summed E-state index contributed by atoms with van der Waals surface area (Å²) in [5.41, 5.74) is 2.30. The van der Waals surface area contributed by atoms with E-state index in [1.54, 1.807) is 30.3 Å². The van der Waals surface area contributed by atoms with E-state index in [9.17, 15) is 14.0 Å². The molecule has 0 unspecified atom stereocenters. The van der Waals surface area contributed by atoms with Gasteiger partial charge >= 0.3 is 0 Å². The standard InChI is InChI=1S/C22H18ClFN2O2/c23-20-7-2-1-4-15(20)8-13-21(27)25-19-6-3-5-16(14-19)22(28)26-18-11-9-17(24)10-12-18/h1-7,9-12,14H,8,13H2,(H,25,27)(H,26,28). The van der Waals surface area contributed by atoms with Gasteiger partial charge in [0.1, 0.15) is 5.82 Å². The quantitative estimate of drug-likeness (QED) is 0.593. The third-order valence-electron chi connectivity index (χ3n) is 4.09. The van der Waals surface area contributed by atoms with Crippen LogP contribution in [0.4, 0.5) is 15.8 Å². The van der Waals surface area contributed by atoms with Gasteiger partial charge in [0.25, 0.3) is 5.91 Å². The molecule has 0 aliphatic rings. The third-order valence-corrected chi connectivity index (χ3v) is 4.46. The second-order valence-corrected chi connectivity index (χ2v) is 6.59. The largest absolute Gasteiger partial charge is 0.326 e. The fraction of sp³-hybridized carbons (Fsp3) is 0.0909. The Morgan fingerprint density at radius 1 is 0.857 bits per heavy atom. The molecule has 0 saturated carbocycles. The van der Waals surface area contributed by atoms with Gasteiger partial charge in [-0.15, -0.1) is 0 Å². The summed E-state index contributed by atoms with van der Waals surface area (Å²) >= 11 is 6.10. The first-order valence-corrected chi connectivity index (χ1v) is 9.09. The van der Waals surface area contributed by atoms with Crippen LogP contribution in [0.25, 0.3) is 0 Å². The third kappa shape index (κ3) is 5.41. The molecule has 2 N–H and O–H groups in total. The second kappa shape index (κ2) is 9.15. The lowest BCUT2D eigenvalue weighted by molar-refractivity contribution is -0.116. The van der Waals surface area contributed by atoms with Crippen molar-refractivity contribution in [2.45, 2.75) is 12.8 Å². The Labute approximate surface area is 167 Å². The predicted octanol–water partition coefficient (Wildman–Crippen LogP) is 5.30. The summed E-state index contributed by atoms with van der Waals surface area (Å²) in [6, 6.07) is 19.5. The van der Waals surface area contributed by atoms with Gasteiger partial charge in [-0.1, -0.05) is 35.9 Å². The molecule has 0 atom stereocenters. The van der Waals surface area contributed by atoms with Crippen molar-refractivity contribution < 1.29 is 14.0 Å². The average Bonchev–Trinajstić information content (AvgIpc) is 2.69. The number of anilines is 2. The number of rotatable bonds is 6. The molecule has 0 aliphatic carbocycles. The number of aryl methyl sites for hydroxylation is 1. The molecule has 0 heterocycles. The lowest BCUT2D eigenvalue weighted by atomic mass is 10.1. The van der Waals surface area contributed by atoms with Gasteiger partial charge in [-0.05, 0) is 60.5 Å². The number of carbonyl (C=O) groups excluding carboxylic acids is 2. The van der Waals surface area contributed by atoms with Crippen molar-refractivity contribution in [3.05, 3.63) is 94.8 Å². The van der Waals surface area contributed by atoms with E-state index in [1.165, 1.54) is 24.3 Å². The Balaban J connectivity index is 1.59. The maximum Gasteiger partial charge on any atom is 0.255 e. The van der Waals surface area contributed by atoms with Crippen LogP contribution in [0.15, 0.2) is 72.8 Å². The van der Waals surface area contributed by atoms with E-state index >= 15 is 0 Å². The molecule has 0 aliphatic heterocycles. The fourth-order valence-corrected chi connectivity index (χ4v) is 2.88. The highest BCUT2D eigenvalue weighted by molar-refractivity contribution is 6.31. The number of nitrogens with one attached hydrogen (secondary N) is 2. The summed E-state index contributed by atoms with van der Waals surface area (Å²) in [6.07, 6.45) is 0.798. The number of amides is 2. The summed E-state index contributed by atoms with van der Waals surface area (Å²) in [4.78, 5) is 24.6. The molecule has 3 aromatic rings. The molecule has 6 heteroatoms. The van der Waals surface area contributed by atoms with Gasteiger partial charge in [-0.3, -0.25) is 9.59 Å². The van der Waals surface area contributed by atoms with Gasteiger partial charge in [0.05, 0.1) is 0 Å². The topological polar surface area (TPSA) is 58.2 Å². The van der Waals surface area contributed by atoms with Crippen LogP contribution >= 0.6 is 11.6 Å². The van der Waals surface area contributed by atoms with Crippen molar-refractivity contribution in [2.24, 2.45) is 0 Å². The van der Waals surface area contributed by atoms with E-state index in [0.29, 0.717) is 28.4 Å². The molecular formula is C22H18ClFN2O2. The van der Waals surface area contributed by atoms with Crippen LogP contribution in [0.1, 0.15) is 22.3 Å². The Hall–Kier alpha value is -3.18. The predicted molar refractivity (Wildman–Crippen MR) is 109 cm³/mol. The minimum atomic E-state index is -0.375. The molecule has 0 aromatic heterocycles. The number of hydrogen-bond donors (Lipinski definition) is 2. The lowest BCUT2D eigenvalue weighted by Crippen LogP contribution is -2.15. The number of carbonyl (C=O) groups is 2.